The highest BCUT2D eigenvalue weighted by Crippen LogP contribution is 2.34. The summed E-state index contributed by atoms with van der Waals surface area (Å²) in [6.45, 7) is 1.04. The number of anilines is 1. The van der Waals surface area contributed by atoms with Crippen molar-refractivity contribution in [2.24, 2.45) is 5.92 Å². The molecule has 0 spiro atoms. The van der Waals surface area contributed by atoms with Gasteiger partial charge in [0.25, 0.3) is 0 Å². The van der Waals surface area contributed by atoms with Gasteiger partial charge in [-0.2, -0.15) is 4.31 Å². The van der Waals surface area contributed by atoms with E-state index in [0.29, 0.717) is 43.9 Å². The van der Waals surface area contributed by atoms with Gasteiger partial charge in [-0.3, -0.25) is 4.79 Å². The van der Waals surface area contributed by atoms with Gasteiger partial charge in [0.1, 0.15) is 5.75 Å². The molecule has 10 heteroatoms. The minimum atomic E-state index is -3.55. The number of likely N-dealkylation sites (N-methyl/N-ethyl adjacent to an activating group) is 1. The van der Waals surface area contributed by atoms with E-state index in [1.807, 2.05) is 0 Å². The molecule has 1 aromatic rings. The normalized spacial score (nSPS) is 23.8. The van der Waals surface area contributed by atoms with Crippen LogP contribution in [0, 0.1) is 5.92 Å². The number of urea groups is 1. The van der Waals surface area contributed by atoms with Gasteiger partial charge in [-0.25, -0.2) is 13.2 Å². The molecule has 0 unspecified atom stereocenters. The summed E-state index contributed by atoms with van der Waals surface area (Å²) >= 11 is 0. The molecule has 2 aliphatic rings. The topological polar surface area (TPSA) is 99.3 Å². The molecule has 1 N–H and O–H groups in total. The van der Waals surface area contributed by atoms with Crippen LogP contribution in [-0.4, -0.2) is 87.1 Å². The minimum Gasteiger partial charge on any atom is -0.497 e. The Kier molecular flexibility index (Phi) is 6.33. The molecule has 2 aliphatic heterocycles. The van der Waals surface area contributed by atoms with Crippen LogP contribution in [0.4, 0.5) is 10.5 Å². The number of hydrogen-bond donors (Lipinski definition) is 1. The number of nitrogens with one attached hydrogen (secondary N) is 1. The van der Waals surface area contributed by atoms with Crippen molar-refractivity contribution in [2.75, 3.05) is 52.7 Å². The molecule has 29 heavy (non-hydrogen) atoms. The molecule has 160 valence electrons. The van der Waals surface area contributed by atoms with Crippen LogP contribution in [0.5, 0.6) is 5.75 Å². The fraction of sp³-hybridized carbons (Fsp3) is 0.579. The van der Waals surface area contributed by atoms with Gasteiger partial charge in [-0.05, 0) is 30.9 Å². The number of amides is 3. The van der Waals surface area contributed by atoms with E-state index in [1.54, 1.807) is 50.4 Å². The summed E-state index contributed by atoms with van der Waals surface area (Å²) in [5.41, 5.74) is 0.625. The van der Waals surface area contributed by atoms with Crippen LogP contribution < -0.4 is 10.1 Å². The van der Waals surface area contributed by atoms with Crippen LogP contribution in [-0.2, 0) is 14.8 Å². The molecular formula is C19H28N4O5S. The Labute approximate surface area is 171 Å². The fourth-order valence-corrected chi connectivity index (χ4v) is 6.03. The summed E-state index contributed by atoms with van der Waals surface area (Å²) in [6.07, 6.45) is 0.952. The van der Waals surface area contributed by atoms with E-state index in [9.17, 15) is 18.0 Å². The van der Waals surface area contributed by atoms with Crippen LogP contribution in [0.3, 0.4) is 0 Å². The van der Waals surface area contributed by atoms with Gasteiger partial charge in [0.05, 0.1) is 18.9 Å². The molecule has 0 saturated carbocycles. The largest absolute Gasteiger partial charge is 0.497 e. The molecule has 9 nitrogen and oxygen atoms in total. The van der Waals surface area contributed by atoms with Crippen LogP contribution in [0.25, 0.3) is 0 Å². The number of benzene rings is 1. The van der Waals surface area contributed by atoms with Crippen molar-refractivity contribution in [3.8, 4) is 5.75 Å². The van der Waals surface area contributed by atoms with E-state index < -0.39 is 15.3 Å². The number of carbonyl (C=O) groups is 2. The average Bonchev–Trinajstić information content (AvgIpc) is 2.82. The van der Waals surface area contributed by atoms with Crippen molar-refractivity contribution >= 4 is 27.6 Å². The Bertz CT molecular complexity index is 873. The van der Waals surface area contributed by atoms with E-state index in [0.717, 1.165) is 0 Å². The quantitative estimate of drug-likeness (QED) is 0.779. The number of methoxy groups -OCH3 is 1. The molecule has 3 amide bonds. The van der Waals surface area contributed by atoms with E-state index in [1.165, 1.54) is 9.21 Å². The van der Waals surface area contributed by atoms with E-state index >= 15 is 0 Å². The molecule has 2 fully saturated rings. The maximum absolute atomic E-state index is 12.9. The highest BCUT2D eigenvalue weighted by Gasteiger charge is 2.47. The molecule has 0 aliphatic carbocycles. The smallest absolute Gasteiger partial charge is 0.321 e. The lowest BCUT2D eigenvalue weighted by Crippen LogP contribution is -2.40. The number of likely N-dealkylation sites (tertiary alicyclic amines) is 1. The lowest BCUT2D eigenvalue weighted by molar-refractivity contribution is -0.128. The van der Waals surface area contributed by atoms with Crippen molar-refractivity contribution in [3.05, 3.63) is 24.3 Å². The van der Waals surface area contributed by atoms with Crippen LogP contribution in [0.15, 0.2) is 24.3 Å². The van der Waals surface area contributed by atoms with E-state index in [2.05, 4.69) is 5.32 Å². The van der Waals surface area contributed by atoms with Crippen LogP contribution >= 0.6 is 0 Å². The number of nitrogens with zero attached hydrogens (tertiary/aromatic N) is 3. The van der Waals surface area contributed by atoms with Gasteiger partial charge >= 0.3 is 6.03 Å². The Hall–Kier alpha value is -2.33. The number of fused-ring (bicyclic) bond motifs is 1. The Morgan fingerprint density at radius 2 is 1.97 bits per heavy atom. The number of carbonyl (C=O) groups excluding carboxylic acids is 2. The van der Waals surface area contributed by atoms with E-state index in [4.69, 9.17) is 4.74 Å². The first-order valence-electron chi connectivity index (χ1n) is 9.61. The summed E-state index contributed by atoms with van der Waals surface area (Å²) in [7, 11) is 1.24. The predicted molar refractivity (Wildman–Crippen MR) is 109 cm³/mol. The van der Waals surface area contributed by atoms with Crippen molar-refractivity contribution in [2.45, 2.75) is 18.1 Å². The molecule has 1 aromatic carbocycles. The molecular weight excluding hydrogens is 396 g/mol. The molecule has 2 heterocycles. The standard InChI is InChI=1S/C19H28N4O5S/c1-21(2)18(24)13-23-12-14-7-9-22(10-8-17(14)29(23,26)27)19(25)20-15-5-4-6-16(11-15)28-3/h4-6,11,14,17H,7-10,12-13H2,1-3H3,(H,20,25)/t14-,17-/m0/s1. The highest BCUT2D eigenvalue weighted by molar-refractivity contribution is 7.90. The first-order valence-corrected chi connectivity index (χ1v) is 11.1. The lowest BCUT2D eigenvalue weighted by atomic mass is 10.0. The average molecular weight is 425 g/mol. The minimum absolute atomic E-state index is 0.0791. The van der Waals surface area contributed by atoms with E-state index in [-0.39, 0.29) is 24.4 Å². The number of sulfonamides is 1. The second-order valence-corrected chi connectivity index (χ2v) is 9.80. The van der Waals surface area contributed by atoms with Gasteiger partial charge in [-0.1, -0.05) is 6.07 Å². The van der Waals surface area contributed by atoms with Gasteiger partial charge in [-0.15, -0.1) is 0 Å². The third-order valence-corrected chi connectivity index (χ3v) is 7.96. The van der Waals surface area contributed by atoms with Crippen molar-refractivity contribution in [3.63, 3.8) is 0 Å². The van der Waals surface area contributed by atoms with Crippen molar-refractivity contribution in [1.82, 2.24) is 14.1 Å². The SMILES string of the molecule is COc1cccc(NC(=O)N2CC[C@H]3CN(CC(=O)N(C)C)S(=O)(=O)[C@H]3CC2)c1. The fourth-order valence-electron chi connectivity index (χ4n) is 3.85. The maximum Gasteiger partial charge on any atom is 0.321 e. The maximum atomic E-state index is 12.9. The third kappa shape index (κ3) is 4.64. The molecule has 2 atom stereocenters. The zero-order valence-corrected chi connectivity index (χ0v) is 17.8. The molecule has 3 rings (SSSR count). The molecule has 0 bridgehead atoms. The van der Waals surface area contributed by atoms with Gasteiger partial charge < -0.3 is 19.9 Å². The predicted octanol–water partition coefficient (Wildman–Crippen LogP) is 1.04. The lowest BCUT2D eigenvalue weighted by Gasteiger charge is -2.23. The van der Waals surface area contributed by atoms with Gasteiger partial charge in [0.2, 0.25) is 15.9 Å². The first kappa shape index (κ1) is 21.4. The molecule has 0 radical (unpaired) electrons. The van der Waals surface area contributed by atoms with Crippen LogP contribution in [0.1, 0.15) is 12.8 Å². The Morgan fingerprint density at radius 1 is 1.24 bits per heavy atom. The summed E-state index contributed by atoms with van der Waals surface area (Å²) in [4.78, 5) is 27.7. The molecule has 2 saturated heterocycles. The monoisotopic (exact) mass is 424 g/mol. The van der Waals surface area contributed by atoms with Gasteiger partial charge in [0, 0.05) is 45.5 Å². The second-order valence-electron chi connectivity index (χ2n) is 7.65. The summed E-state index contributed by atoms with van der Waals surface area (Å²) in [6, 6.07) is 6.83. The summed E-state index contributed by atoms with van der Waals surface area (Å²) in [5.74, 6) is 0.334. The Balaban J connectivity index is 1.63. The van der Waals surface area contributed by atoms with Crippen molar-refractivity contribution in [1.29, 1.82) is 0 Å². The first-order chi connectivity index (χ1) is 13.7. The highest BCUT2D eigenvalue weighted by atomic mass is 32.2. The zero-order valence-electron chi connectivity index (χ0n) is 17.0. The van der Waals surface area contributed by atoms with Crippen molar-refractivity contribution < 1.29 is 22.7 Å². The second kappa shape index (κ2) is 8.58. The van der Waals surface area contributed by atoms with Crippen LogP contribution in [0.2, 0.25) is 0 Å². The number of ether oxygens (including phenoxy) is 1. The zero-order chi connectivity index (χ0) is 21.2. The summed E-state index contributed by atoms with van der Waals surface area (Å²) in [5, 5.41) is 2.30. The molecule has 0 aromatic heterocycles. The summed E-state index contributed by atoms with van der Waals surface area (Å²) < 4.78 is 32.3. The van der Waals surface area contributed by atoms with Gasteiger partial charge in [0.15, 0.2) is 0 Å². The number of hydrogen-bond acceptors (Lipinski definition) is 5. The third-order valence-electron chi connectivity index (χ3n) is 5.58. The Morgan fingerprint density at radius 3 is 2.66 bits per heavy atom. The number of rotatable bonds is 4.